The lowest BCUT2D eigenvalue weighted by Gasteiger charge is -2.18. The number of urea groups is 1. The predicted octanol–water partition coefficient (Wildman–Crippen LogP) is 5.01. The van der Waals surface area contributed by atoms with Crippen molar-refractivity contribution in [3.8, 4) is 0 Å². The van der Waals surface area contributed by atoms with Crippen molar-refractivity contribution in [3.63, 3.8) is 0 Å². The van der Waals surface area contributed by atoms with E-state index in [1.54, 1.807) is 18.2 Å². The summed E-state index contributed by atoms with van der Waals surface area (Å²) in [5, 5.41) is 3.78. The van der Waals surface area contributed by atoms with Crippen molar-refractivity contribution >= 4 is 34.9 Å². The second-order valence-electron chi connectivity index (χ2n) is 5.40. The van der Waals surface area contributed by atoms with Crippen LogP contribution in [0.25, 0.3) is 0 Å². The zero-order chi connectivity index (χ0) is 15.5. The molecule has 2 aromatic carbocycles. The number of carbonyl (C=O) groups is 1. The summed E-state index contributed by atoms with van der Waals surface area (Å²) in [7, 11) is 0. The number of benzene rings is 2. The molecule has 0 aliphatic carbocycles. The molecule has 114 valence electrons. The van der Waals surface area contributed by atoms with Crippen LogP contribution in [0.15, 0.2) is 48.5 Å². The maximum absolute atomic E-state index is 12.3. The molecule has 1 aliphatic rings. The van der Waals surface area contributed by atoms with Gasteiger partial charge in [0.2, 0.25) is 0 Å². The van der Waals surface area contributed by atoms with Gasteiger partial charge in [0.05, 0.1) is 10.0 Å². The molecule has 5 heteroatoms. The highest BCUT2D eigenvalue weighted by atomic mass is 35.5. The van der Waals surface area contributed by atoms with E-state index in [1.165, 1.54) is 5.56 Å². The van der Waals surface area contributed by atoms with E-state index in [2.05, 4.69) is 17.4 Å². The van der Waals surface area contributed by atoms with Crippen LogP contribution in [0.2, 0.25) is 10.0 Å². The number of anilines is 1. The van der Waals surface area contributed by atoms with Crippen molar-refractivity contribution < 1.29 is 4.79 Å². The van der Waals surface area contributed by atoms with Crippen LogP contribution in [0.1, 0.15) is 17.9 Å². The van der Waals surface area contributed by atoms with E-state index in [4.69, 9.17) is 23.2 Å². The third kappa shape index (κ3) is 3.37. The Labute approximate surface area is 139 Å². The van der Waals surface area contributed by atoms with Crippen LogP contribution in [0.4, 0.5) is 10.5 Å². The summed E-state index contributed by atoms with van der Waals surface area (Å²) in [5.74, 6) is 0.403. The highest BCUT2D eigenvalue weighted by molar-refractivity contribution is 6.42. The van der Waals surface area contributed by atoms with E-state index in [-0.39, 0.29) is 6.03 Å². The number of amides is 2. The molecule has 0 aromatic heterocycles. The summed E-state index contributed by atoms with van der Waals surface area (Å²) in [5.41, 5.74) is 1.94. The van der Waals surface area contributed by atoms with Gasteiger partial charge in [-0.15, -0.1) is 0 Å². The molecular formula is C17H16Cl2N2O. The van der Waals surface area contributed by atoms with Gasteiger partial charge >= 0.3 is 6.03 Å². The normalized spacial score (nSPS) is 17.5. The van der Waals surface area contributed by atoms with Gasteiger partial charge in [-0.05, 0) is 30.2 Å². The van der Waals surface area contributed by atoms with Gasteiger partial charge in [0.1, 0.15) is 0 Å². The molecule has 0 bridgehead atoms. The second kappa shape index (κ2) is 6.59. The number of carbonyl (C=O) groups excluding carboxylic acids is 1. The first kappa shape index (κ1) is 15.2. The molecular weight excluding hydrogens is 319 g/mol. The summed E-state index contributed by atoms with van der Waals surface area (Å²) >= 11 is 11.8. The van der Waals surface area contributed by atoms with Gasteiger partial charge in [-0.2, -0.15) is 0 Å². The van der Waals surface area contributed by atoms with Crippen molar-refractivity contribution in [2.24, 2.45) is 0 Å². The molecule has 2 aromatic rings. The number of likely N-dealkylation sites (tertiary alicyclic amines) is 1. The standard InChI is InChI=1S/C17H16Cl2N2O/c18-15-7-6-14(10-16(15)19)20-17(22)21-9-8-13(11-21)12-4-2-1-3-5-12/h1-7,10,13H,8-9,11H2,(H,20,22)/t13-/m0/s1. The molecule has 0 unspecified atom stereocenters. The first-order chi connectivity index (χ1) is 10.6. The first-order valence-corrected chi connectivity index (χ1v) is 7.95. The van der Waals surface area contributed by atoms with Crippen LogP contribution in [0.5, 0.6) is 0 Å². The van der Waals surface area contributed by atoms with E-state index >= 15 is 0 Å². The molecule has 0 spiro atoms. The number of hydrogen-bond acceptors (Lipinski definition) is 1. The van der Waals surface area contributed by atoms with Crippen LogP contribution in [-0.2, 0) is 0 Å². The monoisotopic (exact) mass is 334 g/mol. The lowest BCUT2D eigenvalue weighted by atomic mass is 9.99. The Bertz CT molecular complexity index is 676. The number of rotatable bonds is 2. The largest absolute Gasteiger partial charge is 0.324 e. The van der Waals surface area contributed by atoms with Crippen molar-refractivity contribution in [2.45, 2.75) is 12.3 Å². The third-order valence-electron chi connectivity index (χ3n) is 3.92. The summed E-state index contributed by atoms with van der Waals surface area (Å²) in [6.45, 7) is 1.49. The van der Waals surface area contributed by atoms with E-state index < -0.39 is 0 Å². The van der Waals surface area contributed by atoms with E-state index in [9.17, 15) is 4.79 Å². The molecule has 1 N–H and O–H groups in total. The minimum absolute atomic E-state index is 0.100. The zero-order valence-electron chi connectivity index (χ0n) is 11.9. The smallest absolute Gasteiger partial charge is 0.321 e. The quantitative estimate of drug-likeness (QED) is 0.822. The molecule has 1 fully saturated rings. The average molecular weight is 335 g/mol. The third-order valence-corrected chi connectivity index (χ3v) is 4.66. The number of nitrogens with one attached hydrogen (secondary N) is 1. The number of hydrogen-bond donors (Lipinski definition) is 1. The summed E-state index contributed by atoms with van der Waals surface area (Å²) in [6.07, 6.45) is 0.985. The van der Waals surface area contributed by atoms with Gasteiger partial charge in [-0.3, -0.25) is 0 Å². The van der Waals surface area contributed by atoms with Crippen molar-refractivity contribution in [3.05, 3.63) is 64.1 Å². The Morgan fingerprint density at radius 1 is 1.09 bits per heavy atom. The Kier molecular flexibility index (Phi) is 4.55. The first-order valence-electron chi connectivity index (χ1n) is 7.19. The van der Waals surface area contributed by atoms with Gasteiger partial charge in [0.15, 0.2) is 0 Å². The highest BCUT2D eigenvalue weighted by Crippen LogP contribution is 2.28. The molecule has 22 heavy (non-hydrogen) atoms. The lowest BCUT2D eigenvalue weighted by molar-refractivity contribution is 0.222. The van der Waals surface area contributed by atoms with Gasteiger partial charge < -0.3 is 10.2 Å². The van der Waals surface area contributed by atoms with E-state index in [1.807, 2.05) is 23.1 Å². The van der Waals surface area contributed by atoms with Gasteiger partial charge in [0.25, 0.3) is 0 Å². The lowest BCUT2D eigenvalue weighted by Crippen LogP contribution is -2.32. The van der Waals surface area contributed by atoms with Crippen LogP contribution in [0, 0.1) is 0 Å². The Balaban J connectivity index is 1.63. The summed E-state index contributed by atoms with van der Waals surface area (Å²) < 4.78 is 0. The minimum Gasteiger partial charge on any atom is -0.324 e. The van der Waals surface area contributed by atoms with Crippen LogP contribution in [-0.4, -0.2) is 24.0 Å². The average Bonchev–Trinajstić information content (AvgIpc) is 3.02. The molecule has 3 nitrogen and oxygen atoms in total. The fraction of sp³-hybridized carbons (Fsp3) is 0.235. The van der Waals surface area contributed by atoms with E-state index in [0.717, 1.165) is 19.5 Å². The Hall–Kier alpha value is -1.71. The van der Waals surface area contributed by atoms with E-state index in [0.29, 0.717) is 21.7 Å². The summed E-state index contributed by atoms with van der Waals surface area (Å²) in [6, 6.07) is 15.3. The molecule has 3 rings (SSSR count). The molecule has 1 heterocycles. The fourth-order valence-electron chi connectivity index (χ4n) is 2.72. The molecule has 1 saturated heterocycles. The molecule has 2 amide bonds. The number of halogens is 2. The predicted molar refractivity (Wildman–Crippen MR) is 90.9 cm³/mol. The fourth-order valence-corrected chi connectivity index (χ4v) is 3.02. The van der Waals surface area contributed by atoms with Crippen molar-refractivity contribution in [1.29, 1.82) is 0 Å². The number of nitrogens with zero attached hydrogens (tertiary/aromatic N) is 1. The topological polar surface area (TPSA) is 32.3 Å². The Morgan fingerprint density at radius 2 is 1.86 bits per heavy atom. The molecule has 0 saturated carbocycles. The molecule has 1 aliphatic heterocycles. The van der Waals surface area contributed by atoms with Crippen LogP contribution in [0.3, 0.4) is 0 Å². The Morgan fingerprint density at radius 3 is 2.59 bits per heavy atom. The van der Waals surface area contributed by atoms with Crippen molar-refractivity contribution in [2.75, 3.05) is 18.4 Å². The summed E-state index contributed by atoms with van der Waals surface area (Å²) in [4.78, 5) is 14.2. The maximum atomic E-state index is 12.3. The zero-order valence-corrected chi connectivity index (χ0v) is 13.4. The van der Waals surface area contributed by atoms with Crippen molar-refractivity contribution in [1.82, 2.24) is 4.90 Å². The van der Waals surface area contributed by atoms with Crippen LogP contribution >= 0.6 is 23.2 Å². The maximum Gasteiger partial charge on any atom is 0.321 e. The molecule has 1 atom stereocenters. The minimum atomic E-state index is -0.100. The SMILES string of the molecule is O=C(Nc1ccc(Cl)c(Cl)c1)N1CC[C@H](c2ccccc2)C1. The van der Waals surface area contributed by atoms with Gasteiger partial charge in [0, 0.05) is 24.7 Å². The highest BCUT2D eigenvalue weighted by Gasteiger charge is 2.27. The van der Waals surface area contributed by atoms with Crippen LogP contribution < -0.4 is 5.32 Å². The van der Waals surface area contributed by atoms with Gasteiger partial charge in [-0.25, -0.2) is 4.79 Å². The second-order valence-corrected chi connectivity index (χ2v) is 6.22. The van der Waals surface area contributed by atoms with Gasteiger partial charge in [-0.1, -0.05) is 53.5 Å². The molecule has 0 radical (unpaired) electrons.